The number of esters is 1. The molecule has 5 nitrogen and oxygen atoms in total. The van der Waals surface area contributed by atoms with Crippen molar-refractivity contribution >= 4 is 17.3 Å². The molecule has 0 saturated heterocycles. The third kappa shape index (κ3) is 3.41. The Balaban J connectivity index is 1.48. The molecule has 0 radical (unpaired) electrons. The second-order valence-corrected chi connectivity index (χ2v) is 6.74. The number of aromatic nitrogens is 1. The van der Waals surface area contributed by atoms with E-state index in [-0.39, 0.29) is 11.8 Å². The van der Waals surface area contributed by atoms with Crippen molar-refractivity contribution in [3.05, 3.63) is 70.7 Å². The van der Waals surface area contributed by atoms with Crippen LogP contribution in [0.15, 0.2) is 53.9 Å². The van der Waals surface area contributed by atoms with E-state index in [1.807, 2.05) is 36.4 Å². The molecule has 1 aromatic heterocycles. The lowest BCUT2D eigenvalue weighted by Gasteiger charge is -2.26. The highest BCUT2D eigenvalue weighted by Gasteiger charge is 2.22. The minimum Gasteiger partial charge on any atom is -0.485 e. The highest BCUT2D eigenvalue weighted by molar-refractivity contribution is 7.11. The molecule has 1 aliphatic heterocycles. The summed E-state index contributed by atoms with van der Waals surface area (Å²) in [6.07, 6.45) is 1.92. The number of nitrogens with zero attached hydrogens (tertiary/aromatic N) is 1. The second kappa shape index (κ2) is 7.17. The van der Waals surface area contributed by atoms with Gasteiger partial charge in [-0.1, -0.05) is 41.7 Å². The van der Waals surface area contributed by atoms with E-state index in [1.165, 1.54) is 24.0 Å². The fraction of sp³-hybridized carbons (Fsp3) is 0.200. The van der Waals surface area contributed by atoms with Gasteiger partial charge in [0.15, 0.2) is 5.69 Å². The van der Waals surface area contributed by atoms with Gasteiger partial charge in [0.25, 0.3) is 5.19 Å². The molecule has 4 rings (SSSR count). The molecule has 1 atom stereocenters. The summed E-state index contributed by atoms with van der Waals surface area (Å²) in [7, 11) is 1.33. The molecule has 0 aliphatic carbocycles. The lowest BCUT2D eigenvalue weighted by atomic mass is 9.97. The number of rotatable bonds is 4. The van der Waals surface area contributed by atoms with E-state index in [0.717, 1.165) is 24.2 Å². The van der Waals surface area contributed by atoms with Crippen LogP contribution in [0.2, 0.25) is 0 Å². The fourth-order valence-corrected chi connectivity index (χ4v) is 3.59. The number of benzene rings is 2. The summed E-state index contributed by atoms with van der Waals surface area (Å²) >= 11 is 1.26. The smallest absolute Gasteiger partial charge is 0.357 e. The maximum atomic E-state index is 11.5. The Kier molecular flexibility index (Phi) is 4.58. The molecular formula is C20H17NO4S. The molecule has 0 fully saturated rings. The van der Waals surface area contributed by atoms with Crippen LogP contribution in [0.4, 0.5) is 0 Å². The molecule has 2 aromatic carbocycles. The van der Waals surface area contributed by atoms with Gasteiger partial charge < -0.3 is 14.2 Å². The van der Waals surface area contributed by atoms with E-state index in [4.69, 9.17) is 9.47 Å². The molecule has 26 heavy (non-hydrogen) atoms. The number of ether oxygens (including phenoxy) is 3. The van der Waals surface area contributed by atoms with E-state index in [1.54, 1.807) is 5.38 Å². The van der Waals surface area contributed by atoms with Crippen LogP contribution in [-0.4, -0.2) is 18.1 Å². The number of fused-ring (bicyclic) bond motifs is 1. The van der Waals surface area contributed by atoms with Crippen LogP contribution < -0.4 is 9.47 Å². The van der Waals surface area contributed by atoms with E-state index in [2.05, 4.69) is 21.9 Å². The highest BCUT2D eigenvalue weighted by Crippen LogP contribution is 2.37. The van der Waals surface area contributed by atoms with Crippen LogP contribution in [0.1, 0.15) is 34.1 Å². The Labute approximate surface area is 155 Å². The number of methoxy groups -OCH3 is 1. The second-order valence-electron chi connectivity index (χ2n) is 5.92. The first-order valence-corrected chi connectivity index (χ1v) is 9.17. The molecule has 0 saturated carbocycles. The lowest BCUT2D eigenvalue weighted by Crippen LogP contribution is -2.15. The lowest BCUT2D eigenvalue weighted by molar-refractivity contribution is 0.0594. The van der Waals surface area contributed by atoms with Crippen LogP contribution in [0.5, 0.6) is 16.7 Å². The summed E-state index contributed by atoms with van der Waals surface area (Å²) in [6, 6.07) is 16.0. The zero-order valence-corrected chi connectivity index (χ0v) is 15.0. The number of thiazole rings is 1. The maximum Gasteiger partial charge on any atom is 0.357 e. The molecule has 132 valence electrons. The average molecular weight is 367 g/mol. The SMILES string of the molecule is COC(=O)c1csc(Oc2ccc3c(c2)CCC(c2ccccc2)O3)n1. The quantitative estimate of drug-likeness (QED) is 0.621. The number of hydrogen-bond donors (Lipinski definition) is 0. The van der Waals surface area contributed by atoms with Crippen molar-refractivity contribution in [2.24, 2.45) is 0 Å². The van der Waals surface area contributed by atoms with Gasteiger partial charge in [-0.15, -0.1) is 0 Å². The summed E-state index contributed by atoms with van der Waals surface area (Å²) in [5, 5.41) is 2.02. The standard InChI is InChI=1S/C20H17NO4S/c1-23-19(22)16-12-26-20(21-16)24-15-8-10-18-14(11-15)7-9-17(25-18)13-5-3-2-4-6-13/h2-6,8,10-12,17H,7,9H2,1H3. The van der Waals surface area contributed by atoms with Crippen molar-refractivity contribution in [2.45, 2.75) is 18.9 Å². The number of aryl methyl sites for hydroxylation is 1. The predicted molar refractivity (Wildman–Crippen MR) is 98.1 cm³/mol. The molecule has 0 N–H and O–H groups in total. The van der Waals surface area contributed by atoms with Gasteiger partial charge >= 0.3 is 5.97 Å². The van der Waals surface area contributed by atoms with Gasteiger partial charge in [0.1, 0.15) is 17.6 Å². The summed E-state index contributed by atoms with van der Waals surface area (Å²) in [6.45, 7) is 0. The van der Waals surface area contributed by atoms with Crippen molar-refractivity contribution in [2.75, 3.05) is 7.11 Å². The summed E-state index contributed by atoms with van der Waals surface area (Å²) < 4.78 is 16.6. The van der Waals surface area contributed by atoms with Crippen LogP contribution in [0, 0.1) is 0 Å². The third-order valence-corrected chi connectivity index (χ3v) is 4.95. The van der Waals surface area contributed by atoms with Gasteiger partial charge in [-0.2, -0.15) is 4.98 Å². The molecule has 0 spiro atoms. The normalized spacial score (nSPS) is 15.7. The first kappa shape index (κ1) is 16.6. The van der Waals surface area contributed by atoms with Crippen LogP contribution in [0.25, 0.3) is 0 Å². The molecule has 1 aliphatic rings. The molecule has 1 unspecified atom stereocenters. The first-order valence-electron chi connectivity index (χ1n) is 8.29. The van der Waals surface area contributed by atoms with Crippen molar-refractivity contribution in [3.8, 4) is 16.7 Å². The summed E-state index contributed by atoms with van der Waals surface area (Å²) in [5.74, 6) is 1.09. The predicted octanol–water partition coefficient (Wildman–Crippen LogP) is 4.79. The molecule has 2 heterocycles. The summed E-state index contributed by atoms with van der Waals surface area (Å²) in [4.78, 5) is 15.6. The van der Waals surface area contributed by atoms with Gasteiger partial charge in [0, 0.05) is 5.38 Å². The number of carbonyl (C=O) groups is 1. The average Bonchev–Trinajstić information content (AvgIpc) is 3.16. The van der Waals surface area contributed by atoms with Crippen molar-refractivity contribution in [3.63, 3.8) is 0 Å². The van der Waals surface area contributed by atoms with E-state index in [9.17, 15) is 4.79 Å². The van der Waals surface area contributed by atoms with Crippen molar-refractivity contribution in [1.29, 1.82) is 0 Å². The number of carbonyl (C=O) groups excluding carboxylic acids is 1. The van der Waals surface area contributed by atoms with Gasteiger partial charge in [-0.05, 0) is 42.2 Å². The Hall–Kier alpha value is -2.86. The highest BCUT2D eigenvalue weighted by atomic mass is 32.1. The monoisotopic (exact) mass is 367 g/mol. The van der Waals surface area contributed by atoms with Gasteiger partial charge in [-0.3, -0.25) is 0 Å². The third-order valence-electron chi connectivity index (χ3n) is 4.23. The van der Waals surface area contributed by atoms with Gasteiger partial charge in [-0.25, -0.2) is 4.79 Å². The zero-order chi connectivity index (χ0) is 17.9. The fourth-order valence-electron chi connectivity index (χ4n) is 2.93. The molecule has 0 amide bonds. The van der Waals surface area contributed by atoms with Crippen LogP contribution in [0.3, 0.4) is 0 Å². The van der Waals surface area contributed by atoms with E-state index in [0.29, 0.717) is 10.9 Å². The Morgan fingerprint density at radius 1 is 1.23 bits per heavy atom. The Bertz CT molecular complexity index is 923. The topological polar surface area (TPSA) is 57.7 Å². The minimum atomic E-state index is -0.470. The number of hydrogen-bond acceptors (Lipinski definition) is 6. The van der Waals surface area contributed by atoms with Gasteiger partial charge in [0.2, 0.25) is 0 Å². The van der Waals surface area contributed by atoms with E-state index >= 15 is 0 Å². The van der Waals surface area contributed by atoms with Crippen LogP contribution in [-0.2, 0) is 11.2 Å². The van der Waals surface area contributed by atoms with Gasteiger partial charge in [0.05, 0.1) is 7.11 Å². The Morgan fingerprint density at radius 3 is 2.88 bits per heavy atom. The Morgan fingerprint density at radius 2 is 2.08 bits per heavy atom. The molecule has 3 aromatic rings. The molecule has 0 bridgehead atoms. The molecule has 6 heteroatoms. The maximum absolute atomic E-state index is 11.5. The summed E-state index contributed by atoms with van der Waals surface area (Å²) in [5.41, 5.74) is 2.55. The first-order chi connectivity index (χ1) is 12.7. The van der Waals surface area contributed by atoms with Crippen molar-refractivity contribution < 1.29 is 19.0 Å². The van der Waals surface area contributed by atoms with E-state index < -0.39 is 5.97 Å². The largest absolute Gasteiger partial charge is 0.485 e. The molecular weight excluding hydrogens is 350 g/mol. The minimum absolute atomic E-state index is 0.0806. The zero-order valence-electron chi connectivity index (χ0n) is 14.2. The van der Waals surface area contributed by atoms with Crippen LogP contribution >= 0.6 is 11.3 Å². The van der Waals surface area contributed by atoms with Crippen molar-refractivity contribution in [1.82, 2.24) is 4.98 Å².